The van der Waals surface area contributed by atoms with E-state index >= 15 is 0 Å². The van der Waals surface area contributed by atoms with Crippen LogP contribution in [0.3, 0.4) is 0 Å². The second-order valence-electron chi connectivity index (χ2n) is 8.96. The van der Waals surface area contributed by atoms with E-state index in [1.54, 1.807) is 42.3 Å². The maximum Gasteiger partial charge on any atom is 0.305 e. The number of rotatable bonds is 2. The van der Waals surface area contributed by atoms with Crippen molar-refractivity contribution in [3.63, 3.8) is 0 Å². The van der Waals surface area contributed by atoms with Gasteiger partial charge < -0.3 is 9.40 Å². The van der Waals surface area contributed by atoms with E-state index in [4.69, 9.17) is 16.0 Å². The third-order valence-electron chi connectivity index (χ3n) is 7.66. The van der Waals surface area contributed by atoms with Crippen molar-refractivity contribution >= 4 is 52.2 Å². The molecule has 1 saturated heterocycles. The number of amides is 2. The first-order valence-corrected chi connectivity index (χ1v) is 12.7. The summed E-state index contributed by atoms with van der Waals surface area (Å²) in [6.45, 7) is 0. The summed E-state index contributed by atoms with van der Waals surface area (Å²) in [6.07, 6.45) is 2.52. The number of thioether (sulfide) groups is 1. The van der Waals surface area contributed by atoms with Crippen molar-refractivity contribution in [2.45, 2.75) is 22.6 Å². The Morgan fingerprint density at radius 1 is 1.03 bits per heavy atom. The highest BCUT2D eigenvalue weighted by atomic mass is 35.5. The molecule has 7 rings (SSSR count). The fraction of sp³-hybridized carbons (Fsp3) is 0.348. The second kappa shape index (κ2) is 6.62. The number of aromatic nitrogens is 1. The molecule has 2 saturated carbocycles. The lowest BCUT2D eigenvalue weighted by Crippen LogP contribution is -2.42. The molecule has 3 aromatic rings. The summed E-state index contributed by atoms with van der Waals surface area (Å²) in [4.78, 5) is 44.5. The number of anilines is 1. The van der Waals surface area contributed by atoms with E-state index in [-0.39, 0.29) is 57.4 Å². The van der Waals surface area contributed by atoms with E-state index in [0.717, 1.165) is 22.1 Å². The van der Waals surface area contributed by atoms with Crippen LogP contribution >= 0.6 is 34.7 Å². The standard InChI is InChI=1S/C23H17ClN2O4S2/c24-9-3-5-10(6-4-9)26-21(27)15-11-8-12(16(15)22(26)28)18-14(11)17(13-2-1-7-30-13)19-20(31-18)25-23(29)32-19/h1-7,11-12,14-18H,8H2,(H,25,29)/t11-,12+,14+,15+,16+,17-,18-/m0/s1. The molecular weight excluding hydrogens is 468 g/mol. The van der Waals surface area contributed by atoms with Gasteiger partial charge in [-0.25, -0.2) is 0 Å². The predicted octanol–water partition coefficient (Wildman–Crippen LogP) is 4.36. The number of nitrogens with one attached hydrogen (secondary N) is 1. The summed E-state index contributed by atoms with van der Waals surface area (Å²) in [5.74, 6) is 0.252. The lowest BCUT2D eigenvalue weighted by molar-refractivity contribution is -0.123. The Bertz CT molecular complexity index is 1310. The number of nitrogens with zero attached hydrogens (tertiary/aromatic N) is 1. The minimum atomic E-state index is -0.320. The van der Waals surface area contributed by atoms with Crippen molar-refractivity contribution in [1.82, 2.24) is 4.98 Å². The first-order chi connectivity index (χ1) is 15.5. The lowest BCUT2D eigenvalue weighted by atomic mass is 9.69. The number of hydrogen-bond donors (Lipinski definition) is 1. The van der Waals surface area contributed by atoms with Crippen molar-refractivity contribution in [2.75, 3.05) is 4.90 Å². The third-order valence-corrected chi connectivity index (χ3v) is 10.5. The van der Waals surface area contributed by atoms with Gasteiger partial charge in [-0.1, -0.05) is 22.9 Å². The minimum Gasteiger partial charge on any atom is -0.469 e. The summed E-state index contributed by atoms with van der Waals surface area (Å²) in [7, 11) is 0. The van der Waals surface area contributed by atoms with E-state index in [2.05, 4.69) is 4.98 Å². The highest BCUT2D eigenvalue weighted by molar-refractivity contribution is 8.00. The summed E-state index contributed by atoms with van der Waals surface area (Å²) in [6, 6.07) is 10.7. The Balaban J connectivity index is 1.32. The van der Waals surface area contributed by atoms with Crippen LogP contribution in [0.15, 0.2) is 56.9 Å². The molecule has 4 aliphatic rings. The van der Waals surface area contributed by atoms with Crippen LogP contribution in [0, 0.1) is 29.6 Å². The zero-order valence-corrected chi connectivity index (χ0v) is 19.0. The van der Waals surface area contributed by atoms with E-state index in [1.165, 1.54) is 16.2 Å². The predicted molar refractivity (Wildman–Crippen MR) is 121 cm³/mol. The molecule has 2 amide bonds. The smallest absolute Gasteiger partial charge is 0.305 e. The molecule has 4 heterocycles. The molecular formula is C23H17ClN2O4S2. The highest BCUT2D eigenvalue weighted by Crippen LogP contribution is 2.68. The van der Waals surface area contributed by atoms with Crippen molar-refractivity contribution in [3.8, 4) is 0 Å². The van der Waals surface area contributed by atoms with Crippen LogP contribution in [0.4, 0.5) is 5.69 Å². The van der Waals surface area contributed by atoms with E-state index in [9.17, 15) is 14.4 Å². The molecule has 0 radical (unpaired) electrons. The number of aromatic amines is 1. The van der Waals surface area contributed by atoms with Gasteiger partial charge in [0.2, 0.25) is 11.8 Å². The van der Waals surface area contributed by atoms with Gasteiger partial charge >= 0.3 is 4.87 Å². The maximum atomic E-state index is 13.6. The zero-order valence-electron chi connectivity index (χ0n) is 16.6. The van der Waals surface area contributed by atoms with Crippen molar-refractivity contribution in [3.05, 3.63) is 68.0 Å². The fourth-order valence-electron chi connectivity index (χ4n) is 6.65. The van der Waals surface area contributed by atoms with Crippen LogP contribution in [0.2, 0.25) is 5.02 Å². The monoisotopic (exact) mass is 484 g/mol. The number of H-pyrrole nitrogens is 1. The molecule has 3 fully saturated rings. The first kappa shape index (κ1) is 19.2. The number of thiazole rings is 1. The molecule has 6 nitrogen and oxygen atoms in total. The molecule has 9 heteroatoms. The largest absolute Gasteiger partial charge is 0.469 e. The molecule has 1 N–H and O–H groups in total. The van der Waals surface area contributed by atoms with Gasteiger partial charge in [0.25, 0.3) is 0 Å². The number of halogens is 1. The van der Waals surface area contributed by atoms with Crippen LogP contribution < -0.4 is 9.77 Å². The SMILES string of the molecule is O=C1[C@@H]2[C@H]3C[C@@H]([C@@H]4Sc5[nH]c(=O)sc5[C@@H](c5ccco5)[C@@H]34)[C@H]2C(=O)N1c1ccc(Cl)cc1. The second-order valence-corrected chi connectivity index (χ2v) is 11.6. The number of furan rings is 1. The number of carbonyl (C=O) groups excluding carboxylic acids is 2. The summed E-state index contributed by atoms with van der Waals surface area (Å²) in [5, 5.41) is 1.62. The van der Waals surface area contributed by atoms with Gasteiger partial charge in [-0.15, -0.1) is 11.8 Å². The van der Waals surface area contributed by atoms with Gasteiger partial charge in [0, 0.05) is 10.3 Å². The topological polar surface area (TPSA) is 83.4 Å². The lowest BCUT2D eigenvalue weighted by Gasteiger charge is -2.42. The molecule has 7 atom stereocenters. The van der Waals surface area contributed by atoms with Gasteiger partial charge in [0.1, 0.15) is 5.76 Å². The Kier molecular flexibility index (Phi) is 3.97. The quantitative estimate of drug-likeness (QED) is 0.546. The number of imide groups is 1. The number of carbonyl (C=O) groups is 2. The zero-order chi connectivity index (χ0) is 21.7. The Labute approximate surface area is 195 Å². The van der Waals surface area contributed by atoms with Crippen molar-refractivity contribution in [2.24, 2.45) is 29.6 Å². The summed E-state index contributed by atoms with van der Waals surface area (Å²) >= 11 is 8.92. The summed E-state index contributed by atoms with van der Waals surface area (Å²) < 4.78 is 5.82. The third kappa shape index (κ3) is 2.40. The van der Waals surface area contributed by atoms with Crippen LogP contribution in [-0.2, 0) is 9.59 Å². The van der Waals surface area contributed by atoms with Gasteiger partial charge in [-0.3, -0.25) is 19.3 Å². The molecule has 2 aliphatic heterocycles. The van der Waals surface area contributed by atoms with Crippen LogP contribution in [0.25, 0.3) is 0 Å². The molecule has 2 aromatic heterocycles. The molecule has 2 bridgehead atoms. The minimum absolute atomic E-state index is 0.0707. The average molecular weight is 485 g/mol. The molecule has 0 unspecified atom stereocenters. The first-order valence-electron chi connectivity index (χ1n) is 10.6. The molecule has 2 aliphatic carbocycles. The van der Waals surface area contributed by atoms with E-state index in [0.29, 0.717) is 10.7 Å². The molecule has 32 heavy (non-hydrogen) atoms. The molecule has 162 valence electrons. The van der Waals surface area contributed by atoms with E-state index in [1.807, 2.05) is 12.1 Å². The van der Waals surface area contributed by atoms with Gasteiger partial charge in [0.05, 0.1) is 39.6 Å². The van der Waals surface area contributed by atoms with Crippen molar-refractivity contribution < 1.29 is 14.0 Å². The Morgan fingerprint density at radius 3 is 2.50 bits per heavy atom. The Morgan fingerprint density at radius 2 is 1.78 bits per heavy atom. The van der Waals surface area contributed by atoms with Gasteiger partial charge in [-0.2, -0.15) is 0 Å². The van der Waals surface area contributed by atoms with Gasteiger partial charge in [0.15, 0.2) is 0 Å². The molecule has 0 spiro atoms. The summed E-state index contributed by atoms with van der Waals surface area (Å²) in [5.41, 5.74) is 0.583. The number of hydrogen-bond acceptors (Lipinski definition) is 6. The normalized spacial score (nSPS) is 34.7. The van der Waals surface area contributed by atoms with Crippen LogP contribution in [0.1, 0.15) is 23.0 Å². The Hall–Kier alpha value is -2.29. The molecule has 1 aromatic carbocycles. The van der Waals surface area contributed by atoms with Crippen LogP contribution in [-0.4, -0.2) is 22.0 Å². The van der Waals surface area contributed by atoms with Gasteiger partial charge in [-0.05, 0) is 60.6 Å². The maximum absolute atomic E-state index is 13.6. The fourth-order valence-corrected chi connectivity index (χ4v) is 9.64. The van der Waals surface area contributed by atoms with Crippen LogP contribution in [0.5, 0.6) is 0 Å². The number of fused-ring (bicyclic) bond motifs is 9. The number of benzene rings is 1. The van der Waals surface area contributed by atoms with Crippen molar-refractivity contribution in [1.29, 1.82) is 0 Å². The average Bonchev–Trinajstić information content (AvgIpc) is 3.57. The van der Waals surface area contributed by atoms with E-state index < -0.39 is 0 Å². The highest BCUT2D eigenvalue weighted by Gasteiger charge is 2.70.